The zero-order valence-corrected chi connectivity index (χ0v) is 22.6. The molecule has 0 fully saturated rings. The van der Waals surface area contributed by atoms with Crippen molar-refractivity contribution in [3.05, 3.63) is 77.2 Å². The number of hydrogen-bond donors (Lipinski definition) is 4. The van der Waals surface area contributed by atoms with Gasteiger partial charge < -0.3 is 10.4 Å². The molecule has 17 heteroatoms. The van der Waals surface area contributed by atoms with E-state index in [4.69, 9.17) is 11.8 Å². The number of hydrogen-bond acceptors (Lipinski definition) is 12. The molecule has 2 aliphatic carbocycles. The summed E-state index contributed by atoms with van der Waals surface area (Å²) in [7, 11) is -8.57. The Morgan fingerprint density at radius 2 is 1.66 bits per heavy atom. The van der Waals surface area contributed by atoms with Crippen molar-refractivity contribution in [3.63, 3.8) is 0 Å². The molecule has 0 bridgehead atoms. The highest BCUT2D eigenvalue weighted by Crippen LogP contribution is 2.17. The van der Waals surface area contributed by atoms with Crippen LogP contribution in [0.3, 0.4) is 0 Å². The summed E-state index contributed by atoms with van der Waals surface area (Å²) in [6.07, 6.45) is 7.30. The number of aliphatic hydroxyl groups excluding tert-OH is 1. The smallest absolute Gasteiger partial charge is 0.365 e. The molecule has 2 aromatic rings. The van der Waals surface area contributed by atoms with E-state index in [0.717, 1.165) is 0 Å². The topological polar surface area (TPSA) is 242 Å². The van der Waals surface area contributed by atoms with Gasteiger partial charge in [-0.2, -0.15) is 33.9 Å². The van der Waals surface area contributed by atoms with Crippen LogP contribution in [0.2, 0.25) is 0 Å². The van der Waals surface area contributed by atoms with Crippen LogP contribution in [-0.4, -0.2) is 50.4 Å². The standard InChI is InChI=1S/C24H20N7O8S2/c1-14(32)27-19-8-11-21-15(12-19)13-22(41(36,37)39-26)23(24(21)33)31-30-17-4-2-16(3-5-17)28-29-18-6-9-20(10-7-18)40(34,35)38-25/h2-13H,25-26H2,1H3,(H-,27,32,33)/p+1. The summed E-state index contributed by atoms with van der Waals surface area (Å²) in [5.41, 5.74) is 1.01. The van der Waals surface area contributed by atoms with Crippen molar-refractivity contribution < 1.29 is 40.4 Å². The van der Waals surface area contributed by atoms with Crippen LogP contribution in [0.4, 0.5) is 11.4 Å². The lowest BCUT2D eigenvalue weighted by Crippen LogP contribution is -2.40. The Bertz CT molecular complexity index is 1960. The van der Waals surface area contributed by atoms with Gasteiger partial charge in [-0.25, -0.2) is 4.21 Å². The van der Waals surface area contributed by atoms with Gasteiger partial charge in [-0.05, 0) is 65.9 Å². The van der Waals surface area contributed by atoms with Gasteiger partial charge in [0.2, 0.25) is 5.91 Å². The number of carbonyl (C=O) groups is 1. The summed E-state index contributed by atoms with van der Waals surface area (Å²) in [6.45, 7) is 1.31. The van der Waals surface area contributed by atoms with Gasteiger partial charge in [0, 0.05) is 30.0 Å². The number of carbonyl (C=O) groups excluding carboxylic acids is 1. The van der Waals surface area contributed by atoms with Crippen LogP contribution in [0.5, 0.6) is 0 Å². The van der Waals surface area contributed by atoms with E-state index < -0.39 is 36.5 Å². The number of aliphatic hydroxyl groups is 1. The van der Waals surface area contributed by atoms with E-state index in [-0.39, 0.29) is 27.0 Å². The highest BCUT2D eigenvalue weighted by atomic mass is 32.2. The molecular formula is C24H21N7O8S2+. The summed E-state index contributed by atoms with van der Waals surface area (Å²) in [5, 5.41) is 25.9. The monoisotopic (exact) mass is 599 g/mol. The third kappa shape index (κ3) is 6.77. The van der Waals surface area contributed by atoms with E-state index in [1.807, 2.05) is 0 Å². The molecule has 211 valence electrons. The Labute approximate surface area is 233 Å². The predicted octanol–water partition coefficient (Wildman–Crippen LogP) is -0.352. The third-order valence-electron chi connectivity index (χ3n) is 5.42. The maximum Gasteiger partial charge on any atom is 0.365 e. The van der Waals surface area contributed by atoms with Crippen LogP contribution in [0, 0.1) is 0 Å². The first-order valence-electron chi connectivity index (χ1n) is 11.3. The molecule has 2 aliphatic rings. The molecule has 0 heterocycles. The van der Waals surface area contributed by atoms with Crippen molar-refractivity contribution in [1.82, 2.24) is 0 Å². The molecule has 0 aliphatic heterocycles. The van der Waals surface area contributed by atoms with Crippen LogP contribution < -0.4 is 27.5 Å². The van der Waals surface area contributed by atoms with Crippen LogP contribution in [0.15, 0.2) is 87.0 Å². The van der Waals surface area contributed by atoms with Crippen molar-refractivity contribution in [3.8, 4) is 0 Å². The van der Waals surface area contributed by atoms with Crippen molar-refractivity contribution >= 4 is 71.3 Å². The lowest BCUT2D eigenvalue weighted by molar-refractivity contribution is -0.114. The first-order valence-corrected chi connectivity index (χ1v) is 14.1. The normalized spacial score (nSPS) is 16.9. The first kappa shape index (κ1) is 29.4. The fourth-order valence-electron chi connectivity index (χ4n) is 3.52. The zero-order valence-electron chi connectivity index (χ0n) is 21.0. The number of nitrogens with two attached hydrogens (primary N) is 2. The lowest BCUT2D eigenvalue weighted by atomic mass is 10.0. The Hall–Kier alpha value is -4.58. The fourth-order valence-corrected chi connectivity index (χ4v) is 4.85. The van der Waals surface area contributed by atoms with E-state index in [2.05, 4.69) is 34.0 Å². The SMILES string of the molecule is CC(=O)Nc1ccc2c(c1)=CC(=S([O])(=O)ON)C(=NN=C1C=CC(=[N+]=Nc3ccc(S(=O)(=O)ON)cc3)C=C1)C=2O. The number of amides is 1. The van der Waals surface area contributed by atoms with E-state index in [1.54, 1.807) is 12.2 Å². The third-order valence-corrected chi connectivity index (χ3v) is 7.62. The summed E-state index contributed by atoms with van der Waals surface area (Å²) in [5.74, 6) is 8.88. The Balaban J connectivity index is 1.65. The van der Waals surface area contributed by atoms with Crippen molar-refractivity contribution in [2.45, 2.75) is 11.8 Å². The van der Waals surface area contributed by atoms with E-state index in [9.17, 15) is 27.1 Å². The Morgan fingerprint density at radius 3 is 2.27 bits per heavy atom. The minimum atomic E-state index is -4.53. The molecule has 0 saturated carbocycles. The van der Waals surface area contributed by atoms with Crippen LogP contribution in [-0.2, 0) is 38.1 Å². The van der Waals surface area contributed by atoms with Gasteiger partial charge >= 0.3 is 15.8 Å². The van der Waals surface area contributed by atoms with Gasteiger partial charge in [0.25, 0.3) is 10.1 Å². The average Bonchev–Trinajstić information content (AvgIpc) is 2.95. The fraction of sp³-hybridized carbons (Fsp3) is 0.0417. The summed E-state index contributed by atoms with van der Waals surface area (Å²) >= 11 is 0. The van der Waals surface area contributed by atoms with Gasteiger partial charge in [0.1, 0.15) is 21.4 Å². The molecule has 0 spiro atoms. The summed E-state index contributed by atoms with van der Waals surface area (Å²) < 4.78 is 56.3. The highest BCUT2D eigenvalue weighted by molar-refractivity contribution is 7.94. The molecule has 4 rings (SSSR count). The van der Waals surface area contributed by atoms with Gasteiger partial charge in [0.15, 0.2) is 5.76 Å². The van der Waals surface area contributed by atoms with E-state index in [0.29, 0.717) is 17.1 Å². The second kappa shape index (κ2) is 11.9. The predicted molar refractivity (Wildman–Crippen MR) is 149 cm³/mol. The zero-order chi connectivity index (χ0) is 29.8. The molecule has 1 unspecified atom stereocenters. The second-order valence-electron chi connectivity index (χ2n) is 8.20. The maximum absolute atomic E-state index is 12.5. The number of nitrogens with one attached hydrogen (secondary N) is 1. The van der Waals surface area contributed by atoms with Gasteiger partial charge in [-0.1, -0.05) is 4.55 Å². The van der Waals surface area contributed by atoms with Gasteiger partial charge in [-0.15, -0.1) is 5.10 Å². The summed E-state index contributed by atoms with van der Waals surface area (Å²) in [4.78, 5) is 14.7. The number of rotatable bonds is 6. The molecule has 41 heavy (non-hydrogen) atoms. The lowest BCUT2D eigenvalue weighted by Gasteiger charge is -2.13. The molecule has 1 atom stereocenters. The van der Waals surface area contributed by atoms with Crippen LogP contribution in [0.1, 0.15) is 6.92 Å². The molecule has 6 N–H and O–H groups in total. The van der Waals surface area contributed by atoms with Gasteiger partial charge in [-0.3, -0.25) is 4.79 Å². The van der Waals surface area contributed by atoms with Crippen LogP contribution in [0.25, 0.3) is 11.8 Å². The number of anilines is 1. The number of benzene rings is 2. The molecular weight excluding hydrogens is 578 g/mol. The van der Waals surface area contributed by atoms with Crippen LogP contribution >= 0.6 is 0 Å². The average molecular weight is 600 g/mol. The van der Waals surface area contributed by atoms with E-state index in [1.165, 1.54) is 67.6 Å². The van der Waals surface area contributed by atoms with Crippen molar-refractivity contribution in [1.29, 1.82) is 0 Å². The molecule has 0 aromatic heterocycles. The van der Waals surface area contributed by atoms with Gasteiger partial charge in [0.05, 0.1) is 15.4 Å². The number of fused-ring (bicyclic) bond motifs is 1. The molecule has 2 aromatic carbocycles. The largest absolute Gasteiger partial charge is 0.505 e. The minimum Gasteiger partial charge on any atom is -0.505 e. The molecule has 1 radical (unpaired) electrons. The summed E-state index contributed by atoms with van der Waals surface area (Å²) in [6, 6.07) is 9.80. The van der Waals surface area contributed by atoms with Crippen molar-refractivity contribution in [2.24, 2.45) is 27.1 Å². The second-order valence-corrected chi connectivity index (χ2v) is 11.3. The van der Waals surface area contributed by atoms with E-state index >= 15 is 0 Å². The Kier molecular flexibility index (Phi) is 8.52. The molecule has 1 amide bonds. The number of nitrogens with zero attached hydrogens (tertiary/aromatic N) is 4. The Morgan fingerprint density at radius 1 is 0.976 bits per heavy atom. The number of allylic oxidation sites excluding steroid dienone is 4. The minimum absolute atomic E-state index is 0.144. The first-order chi connectivity index (χ1) is 19.4. The quantitative estimate of drug-likeness (QED) is 0.111. The molecule has 15 nitrogen and oxygen atoms in total. The molecule has 0 saturated heterocycles. The maximum atomic E-state index is 12.5. The highest BCUT2D eigenvalue weighted by Gasteiger charge is 2.26. The van der Waals surface area contributed by atoms with Crippen molar-refractivity contribution in [2.75, 3.05) is 5.32 Å².